The average Bonchev–Trinajstić information content (AvgIpc) is 2.31. The van der Waals surface area contributed by atoms with Crippen LogP contribution in [-0.2, 0) is 0 Å². The van der Waals surface area contributed by atoms with E-state index in [0.29, 0.717) is 0 Å². The Morgan fingerprint density at radius 3 is 2.00 bits per heavy atom. The summed E-state index contributed by atoms with van der Waals surface area (Å²) in [6, 6.07) is 2.00. The van der Waals surface area contributed by atoms with Crippen molar-refractivity contribution in [3.05, 3.63) is 0 Å². The highest BCUT2D eigenvalue weighted by atomic mass is 15.2. The largest absolute Gasteiger partial charge is 0.310 e. The van der Waals surface area contributed by atoms with Gasteiger partial charge in [0.15, 0.2) is 0 Å². The standard InChI is InChI=1S/C5H7N/c1-3-5(1)2-4(5)6-3/h3-4,6H,1-2H2. The number of hydrogen-bond acceptors (Lipinski definition) is 1. The lowest BCUT2D eigenvalue weighted by Crippen LogP contribution is -2.32. The van der Waals surface area contributed by atoms with Gasteiger partial charge in [0.1, 0.15) is 0 Å². The van der Waals surface area contributed by atoms with Crippen LogP contribution in [0.25, 0.3) is 0 Å². The quantitative estimate of drug-likeness (QED) is 0.436. The van der Waals surface area contributed by atoms with Crippen molar-refractivity contribution < 1.29 is 0 Å². The first-order valence-electron chi connectivity index (χ1n) is 2.68. The number of hydrogen-bond donors (Lipinski definition) is 1. The van der Waals surface area contributed by atoms with E-state index in [2.05, 4.69) is 5.32 Å². The molecule has 3 fully saturated rings. The monoisotopic (exact) mass is 81.1 g/mol. The molecule has 1 heteroatoms. The van der Waals surface area contributed by atoms with Gasteiger partial charge >= 0.3 is 0 Å². The molecule has 6 heavy (non-hydrogen) atoms. The molecule has 3 rings (SSSR count). The zero-order valence-electron chi connectivity index (χ0n) is 3.57. The Labute approximate surface area is 36.7 Å². The molecule has 2 unspecified atom stereocenters. The van der Waals surface area contributed by atoms with Crippen LogP contribution in [0.15, 0.2) is 0 Å². The van der Waals surface area contributed by atoms with Crippen LogP contribution in [0.4, 0.5) is 0 Å². The Morgan fingerprint density at radius 2 is 2.00 bits per heavy atom. The first kappa shape index (κ1) is 2.31. The van der Waals surface area contributed by atoms with Crippen LogP contribution < -0.4 is 5.32 Å². The van der Waals surface area contributed by atoms with Crippen LogP contribution in [0.2, 0.25) is 0 Å². The zero-order chi connectivity index (χ0) is 3.78. The Hall–Kier alpha value is -0.0400. The van der Waals surface area contributed by atoms with Gasteiger partial charge in [0, 0.05) is 17.5 Å². The van der Waals surface area contributed by atoms with Gasteiger partial charge in [0.25, 0.3) is 0 Å². The van der Waals surface area contributed by atoms with Gasteiger partial charge in [-0.2, -0.15) is 0 Å². The smallest absolute Gasteiger partial charge is 0.0149 e. The van der Waals surface area contributed by atoms with E-state index in [4.69, 9.17) is 0 Å². The van der Waals surface area contributed by atoms with E-state index in [1.165, 1.54) is 12.8 Å². The number of rotatable bonds is 0. The van der Waals surface area contributed by atoms with Gasteiger partial charge in [-0.15, -0.1) is 0 Å². The van der Waals surface area contributed by atoms with Crippen LogP contribution >= 0.6 is 0 Å². The minimum absolute atomic E-state index is 0.944. The summed E-state index contributed by atoms with van der Waals surface area (Å²) in [6.07, 6.45) is 3.02. The van der Waals surface area contributed by atoms with Crippen LogP contribution in [0.3, 0.4) is 0 Å². The third-order valence-corrected chi connectivity index (χ3v) is 2.64. The van der Waals surface area contributed by atoms with Crippen molar-refractivity contribution in [1.82, 2.24) is 5.32 Å². The number of nitrogens with one attached hydrogen (secondary N) is 1. The van der Waals surface area contributed by atoms with Gasteiger partial charge in [-0.1, -0.05) is 0 Å². The Kier molecular flexibility index (Phi) is 0.134. The first-order valence-corrected chi connectivity index (χ1v) is 2.68. The first-order chi connectivity index (χ1) is 2.92. The maximum absolute atomic E-state index is 3.44. The van der Waals surface area contributed by atoms with Gasteiger partial charge in [0.2, 0.25) is 0 Å². The summed E-state index contributed by atoms with van der Waals surface area (Å²) in [7, 11) is 0. The van der Waals surface area contributed by atoms with Crippen LogP contribution in [0.1, 0.15) is 12.8 Å². The van der Waals surface area contributed by atoms with Gasteiger partial charge in [-0.05, 0) is 12.8 Å². The average molecular weight is 81.1 g/mol. The maximum atomic E-state index is 3.44. The summed E-state index contributed by atoms with van der Waals surface area (Å²) in [4.78, 5) is 0. The molecule has 1 heterocycles. The van der Waals surface area contributed by atoms with Gasteiger partial charge in [-0.25, -0.2) is 0 Å². The highest BCUT2D eigenvalue weighted by molar-refractivity contribution is 5.36. The molecule has 2 aliphatic carbocycles. The van der Waals surface area contributed by atoms with Crippen molar-refractivity contribution in [1.29, 1.82) is 0 Å². The molecular formula is C5H7N. The van der Waals surface area contributed by atoms with Crippen LogP contribution in [0.5, 0.6) is 0 Å². The minimum Gasteiger partial charge on any atom is -0.310 e. The number of piperidine rings is 1. The van der Waals surface area contributed by atoms with Crippen molar-refractivity contribution in [3.63, 3.8) is 0 Å². The Balaban J connectivity index is 2.26. The lowest BCUT2D eigenvalue weighted by Gasteiger charge is -2.08. The fourth-order valence-electron chi connectivity index (χ4n) is 1.85. The minimum atomic E-state index is 0.944. The molecule has 1 N–H and O–H groups in total. The molecule has 2 atom stereocenters. The van der Waals surface area contributed by atoms with E-state index >= 15 is 0 Å². The normalized spacial score (nSPS) is 80.0. The highest BCUT2D eigenvalue weighted by Crippen LogP contribution is 2.73. The second-order valence-electron chi connectivity index (χ2n) is 2.91. The van der Waals surface area contributed by atoms with Gasteiger partial charge in [-0.3, -0.25) is 0 Å². The van der Waals surface area contributed by atoms with Gasteiger partial charge < -0.3 is 5.32 Å². The van der Waals surface area contributed by atoms with E-state index in [9.17, 15) is 0 Å². The molecule has 0 aromatic rings. The summed E-state index contributed by atoms with van der Waals surface area (Å²) in [5.74, 6) is 0. The second kappa shape index (κ2) is 0.348. The molecule has 3 aliphatic rings. The van der Waals surface area contributed by atoms with Crippen molar-refractivity contribution in [2.24, 2.45) is 5.41 Å². The Bertz CT molecular complexity index is 101. The molecule has 1 aliphatic heterocycles. The molecule has 0 aromatic heterocycles. The molecule has 0 amide bonds. The fourth-order valence-corrected chi connectivity index (χ4v) is 1.85. The lowest BCUT2D eigenvalue weighted by atomic mass is 10.3. The molecule has 32 valence electrons. The van der Waals surface area contributed by atoms with E-state index < -0.39 is 0 Å². The highest BCUT2D eigenvalue weighted by Gasteiger charge is 2.79. The molecular weight excluding hydrogens is 74.1 g/mol. The lowest BCUT2D eigenvalue weighted by molar-refractivity contribution is 0.501. The van der Waals surface area contributed by atoms with E-state index in [1.807, 2.05) is 0 Å². The van der Waals surface area contributed by atoms with E-state index in [0.717, 1.165) is 17.5 Å². The van der Waals surface area contributed by atoms with Crippen molar-refractivity contribution in [2.45, 2.75) is 24.9 Å². The molecule has 2 saturated carbocycles. The fraction of sp³-hybridized carbons (Fsp3) is 1.00. The van der Waals surface area contributed by atoms with Crippen molar-refractivity contribution in [3.8, 4) is 0 Å². The topological polar surface area (TPSA) is 12.0 Å². The summed E-state index contributed by atoms with van der Waals surface area (Å²) >= 11 is 0. The van der Waals surface area contributed by atoms with Crippen molar-refractivity contribution in [2.75, 3.05) is 0 Å². The molecule has 0 aromatic carbocycles. The molecule has 1 saturated heterocycles. The second-order valence-corrected chi connectivity index (χ2v) is 2.91. The van der Waals surface area contributed by atoms with Gasteiger partial charge in [0.05, 0.1) is 0 Å². The van der Waals surface area contributed by atoms with Crippen molar-refractivity contribution >= 4 is 0 Å². The predicted octanol–water partition coefficient (Wildman–Crippen LogP) is 0.121. The maximum Gasteiger partial charge on any atom is 0.0149 e. The summed E-state index contributed by atoms with van der Waals surface area (Å²) < 4.78 is 0. The molecule has 0 bridgehead atoms. The Morgan fingerprint density at radius 1 is 1.33 bits per heavy atom. The molecule has 0 radical (unpaired) electrons. The third-order valence-electron chi connectivity index (χ3n) is 2.64. The third kappa shape index (κ3) is 0.0719. The summed E-state index contributed by atoms with van der Waals surface area (Å²) in [5, 5.41) is 3.44. The van der Waals surface area contributed by atoms with E-state index in [1.54, 1.807) is 0 Å². The molecule has 1 nitrogen and oxygen atoms in total. The van der Waals surface area contributed by atoms with Crippen LogP contribution in [0, 0.1) is 5.41 Å². The summed E-state index contributed by atoms with van der Waals surface area (Å²) in [6.45, 7) is 0. The molecule has 1 spiro atoms. The summed E-state index contributed by atoms with van der Waals surface area (Å²) in [5.41, 5.74) is 0.944. The SMILES string of the molecule is C1C2NC3CC123. The zero-order valence-corrected chi connectivity index (χ0v) is 3.57. The predicted molar refractivity (Wildman–Crippen MR) is 22.4 cm³/mol. The van der Waals surface area contributed by atoms with E-state index in [-0.39, 0.29) is 0 Å². The van der Waals surface area contributed by atoms with Crippen LogP contribution in [-0.4, -0.2) is 12.1 Å².